The minimum Gasteiger partial charge on any atom is -0.311 e. The number of nitrogens with zero attached hydrogens (tertiary/aromatic N) is 1. The van der Waals surface area contributed by atoms with Crippen molar-refractivity contribution >= 4 is 11.3 Å². The first-order valence-electron chi connectivity index (χ1n) is 6.42. The van der Waals surface area contributed by atoms with Gasteiger partial charge < -0.3 is 5.32 Å². The summed E-state index contributed by atoms with van der Waals surface area (Å²) in [5, 5.41) is 4.61. The molecule has 0 fully saturated rings. The molecule has 1 aliphatic heterocycles. The van der Waals surface area contributed by atoms with Crippen molar-refractivity contribution in [2.45, 2.75) is 33.7 Å². The first-order chi connectivity index (χ1) is 8.65. The van der Waals surface area contributed by atoms with Gasteiger partial charge in [-0.2, -0.15) is 0 Å². The normalized spacial score (nSPS) is 14.6. The molecule has 2 heterocycles. The van der Waals surface area contributed by atoms with E-state index in [0.717, 1.165) is 19.5 Å². The van der Waals surface area contributed by atoms with E-state index in [1.807, 2.05) is 11.3 Å². The fraction of sp³-hybridized carbons (Fsp3) is 0.400. The summed E-state index contributed by atoms with van der Waals surface area (Å²) in [6.45, 7) is 8.57. The highest BCUT2D eigenvalue weighted by Crippen LogP contribution is 2.34. The van der Waals surface area contributed by atoms with Crippen molar-refractivity contribution in [1.29, 1.82) is 0 Å². The molecule has 18 heavy (non-hydrogen) atoms. The van der Waals surface area contributed by atoms with Crippen LogP contribution < -0.4 is 5.32 Å². The maximum Gasteiger partial charge on any atom is 0.124 e. The Kier molecular flexibility index (Phi) is 2.96. The number of fused-ring (bicyclic) bond motifs is 1. The lowest BCUT2D eigenvalue weighted by Crippen LogP contribution is -2.22. The molecule has 3 heteroatoms. The average molecular weight is 258 g/mol. The summed E-state index contributed by atoms with van der Waals surface area (Å²) in [5.41, 5.74) is 6.64. The van der Waals surface area contributed by atoms with Gasteiger partial charge in [-0.05, 0) is 31.9 Å². The van der Waals surface area contributed by atoms with Crippen LogP contribution in [-0.2, 0) is 13.0 Å². The monoisotopic (exact) mass is 258 g/mol. The van der Waals surface area contributed by atoms with Crippen LogP contribution in [-0.4, -0.2) is 11.5 Å². The van der Waals surface area contributed by atoms with Crippen LogP contribution in [0.4, 0.5) is 0 Å². The van der Waals surface area contributed by atoms with Crippen LogP contribution in [0.5, 0.6) is 0 Å². The number of aromatic nitrogens is 1. The van der Waals surface area contributed by atoms with Gasteiger partial charge in [-0.3, -0.25) is 0 Å². The van der Waals surface area contributed by atoms with E-state index in [9.17, 15) is 0 Å². The van der Waals surface area contributed by atoms with E-state index in [2.05, 4.69) is 38.2 Å². The zero-order valence-corrected chi connectivity index (χ0v) is 11.9. The second-order valence-electron chi connectivity index (χ2n) is 5.09. The van der Waals surface area contributed by atoms with Crippen molar-refractivity contribution in [3.05, 3.63) is 39.4 Å². The molecule has 1 aliphatic rings. The fourth-order valence-electron chi connectivity index (χ4n) is 2.75. The molecule has 0 saturated carbocycles. The zero-order chi connectivity index (χ0) is 12.7. The summed E-state index contributed by atoms with van der Waals surface area (Å²) >= 11 is 1.85. The average Bonchev–Trinajstić information content (AvgIpc) is 2.70. The van der Waals surface area contributed by atoms with E-state index in [4.69, 9.17) is 4.98 Å². The van der Waals surface area contributed by atoms with Crippen molar-refractivity contribution in [2.75, 3.05) is 6.54 Å². The maximum absolute atomic E-state index is 4.85. The highest BCUT2D eigenvalue weighted by molar-refractivity contribution is 7.15. The van der Waals surface area contributed by atoms with Gasteiger partial charge in [0.25, 0.3) is 0 Å². The Morgan fingerprint density at radius 1 is 1.17 bits per heavy atom. The largest absolute Gasteiger partial charge is 0.311 e. The number of thiazole rings is 1. The molecule has 2 nitrogen and oxygen atoms in total. The summed E-state index contributed by atoms with van der Waals surface area (Å²) in [5.74, 6) is 0. The molecule has 0 amide bonds. The number of nitrogens with one attached hydrogen (secondary N) is 1. The Morgan fingerprint density at radius 2 is 1.89 bits per heavy atom. The van der Waals surface area contributed by atoms with E-state index >= 15 is 0 Å². The molecule has 0 spiro atoms. The second-order valence-corrected chi connectivity index (χ2v) is 6.17. The number of aryl methyl sites for hydroxylation is 3. The molecule has 1 N–H and O–H groups in total. The van der Waals surface area contributed by atoms with E-state index in [-0.39, 0.29) is 0 Å². The number of hydrogen-bond acceptors (Lipinski definition) is 3. The van der Waals surface area contributed by atoms with Gasteiger partial charge in [0.15, 0.2) is 0 Å². The van der Waals surface area contributed by atoms with Crippen molar-refractivity contribution in [3.63, 3.8) is 0 Å². The lowest BCUT2D eigenvalue weighted by atomic mass is 10.0. The summed E-state index contributed by atoms with van der Waals surface area (Å²) in [4.78, 5) is 6.26. The van der Waals surface area contributed by atoms with Gasteiger partial charge in [-0.1, -0.05) is 17.7 Å². The first kappa shape index (κ1) is 11.9. The topological polar surface area (TPSA) is 24.9 Å². The molecule has 0 radical (unpaired) electrons. The quantitative estimate of drug-likeness (QED) is 0.848. The van der Waals surface area contributed by atoms with Crippen molar-refractivity contribution in [1.82, 2.24) is 10.3 Å². The third-order valence-corrected chi connectivity index (χ3v) is 4.61. The van der Waals surface area contributed by atoms with Crippen LogP contribution in [0, 0.1) is 20.8 Å². The van der Waals surface area contributed by atoms with E-state index < -0.39 is 0 Å². The minimum atomic E-state index is 0.983. The van der Waals surface area contributed by atoms with Crippen LogP contribution >= 0.6 is 11.3 Å². The predicted molar refractivity (Wildman–Crippen MR) is 77.2 cm³/mol. The SMILES string of the molecule is Cc1cc(C)c(-c2nc3c(s2)CNCC3)c(C)c1. The van der Waals surface area contributed by atoms with Gasteiger partial charge in [0, 0.05) is 30.0 Å². The molecule has 0 unspecified atom stereocenters. The number of benzene rings is 1. The number of rotatable bonds is 1. The van der Waals surface area contributed by atoms with Crippen LogP contribution in [0.25, 0.3) is 10.6 Å². The highest BCUT2D eigenvalue weighted by atomic mass is 32.1. The minimum absolute atomic E-state index is 0.983. The van der Waals surface area contributed by atoms with Crippen LogP contribution in [0.3, 0.4) is 0 Å². The van der Waals surface area contributed by atoms with Gasteiger partial charge >= 0.3 is 0 Å². The van der Waals surface area contributed by atoms with Gasteiger partial charge in [0.2, 0.25) is 0 Å². The van der Waals surface area contributed by atoms with E-state index in [1.54, 1.807) is 0 Å². The molecular formula is C15H18N2S. The van der Waals surface area contributed by atoms with Gasteiger partial charge in [0.1, 0.15) is 5.01 Å². The Balaban J connectivity index is 2.12. The Morgan fingerprint density at radius 3 is 2.56 bits per heavy atom. The summed E-state index contributed by atoms with van der Waals surface area (Å²) in [6.07, 6.45) is 1.07. The molecule has 0 bridgehead atoms. The van der Waals surface area contributed by atoms with E-state index in [0.29, 0.717) is 0 Å². The van der Waals surface area contributed by atoms with Crippen molar-refractivity contribution in [2.24, 2.45) is 0 Å². The van der Waals surface area contributed by atoms with Crippen molar-refractivity contribution in [3.8, 4) is 10.6 Å². The second kappa shape index (κ2) is 4.48. The van der Waals surface area contributed by atoms with Crippen LogP contribution in [0.1, 0.15) is 27.3 Å². The summed E-state index contributed by atoms with van der Waals surface area (Å²) in [7, 11) is 0. The molecule has 94 valence electrons. The molecule has 2 aromatic rings. The summed E-state index contributed by atoms with van der Waals surface area (Å²) in [6, 6.07) is 4.50. The highest BCUT2D eigenvalue weighted by Gasteiger charge is 2.17. The standard InChI is InChI=1S/C15H18N2S/c1-9-6-10(2)14(11(3)7-9)15-17-12-4-5-16-8-13(12)18-15/h6-7,16H,4-5,8H2,1-3H3. The van der Waals surface area contributed by atoms with Gasteiger partial charge in [-0.25, -0.2) is 4.98 Å². The Labute approximate surface area is 112 Å². The smallest absolute Gasteiger partial charge is 0.124 e. The zero-order valence-electron chi connectivity index (χ0n) is 11.1. The lowest BCUT2D eigenvalue weighted by Gasteiger charge is -2.09. The third-order valence-electron chi connectivity index (χ3n) is 3.49. The Bertz CT molecular complexity index is 552. The molecule has 0 atom stereocenters. The van der Waals surface area contributed by atoms with E-state index in [1.165, 1.54) is 37.8 Å². The summed E-state index contributed by atoms with van der Waals surface area (Å²) < 4.78 is 0. The molecule has 0 saturated heterocycles. The van der Waals surface area contributed by atoms with Gasteiger partial charge in [0.05, 0.1) is 5.69 Å². The molecule has 1 aromatic heterocycles. The first-order valence-corrected chi connectivity index (χ1v) is 7.24. The van der Waals surface area contributed by atoms with Crippen LogP contribution in [0.15, 0.2) is 12.1 Å². The molecular weight excluding hydrogens is 240 g/mol. The third kappa shape index (κ3) is 1.98. The van der Waals surface area contributed by atoms with Gasteiger partial charge in [-0.15, -0.1) is 11.3 Å². The maximum atomic E-state index is 4.85. The molecule has 0 aliphatic carbocycles. The molecule has 3 rings (SSSR count). The number of hydrogen-bond donors (Lipinski definition) is 1. The Hall–Kier alpha value is -1.19. The lowest BCUT2D eigenvalue weighted by molar-refractivity contribution is 0.644. The fourth-order valence-corrected chi connectivity index (χ4v) is 4.00. The van der Waals surface area contributed by atoms with Crippen LogP contribution in [0.2, 0.25) is 0 Å². The predicted octanol–water partition coefficient (Wildman–Crippen LogP) is 3.38. The molecule has 1 aromatic carbocycles. The van der Waals surface area contributed by atoms with Crippen molar-refractivity contribution < 1.29 is 0 Å².